The maximum atomic E-state index is 12.2. The second-order valence-electron chi connectivity index (χ2n) is 7.12. The van der Waals surface area contributed by atoms with E-state index in [1.807, 2.05) is 60.9 Å². The average Bonchev–Trinajstić information content (AvgIpc) is 3.11. The second-order valence-corrected chi connectivity index (χ2v) is 8.07. The van der Waals surface area contributed by atoms with Crippen molar-refractivity contribution >= 4 is 23.4 Å². The zero-order valence-electron chi connectivity index (χ0n) is 17.2. The Labute approximate surface area is 175 Å². The summed E-state index contributed by atoms with van der Waals surface area (Å²) in [6.45, 7) is 8.52. The lowest BCUT2D eigenvalue weighted by molar-refractivity contribution is -0.113. The molecule has 0 radical (unpaired) electrons. The largest absolute Gasteiger partial charge is 0.485 e. The molecule has 0 atom stereocenters. The van der Waals surface area contributed by atoms with Crippen molar-refractivity contribution in [2.75, 3.05) is 11.1 Å². The van der Waals surface area contributed by atoms with E-state index in [9.17, 15) is 4.79 Å². The molecule has 29 heavy (non-hydrogen) atoms. The van der Waals surface area contributed by atoms with E-state index in [0.29, 0.717) is 11.8 Å². The van der Waals surface area contributed by atoms with Crippen LogP contribution in [0.25, 0.3) is 0 Å². The fraction of sp³-hybridized carbons (Fsp3) is 0.318. The summed E-state index contributed by atoms with van der Waals surface area (Å²) in [6.07, 6.45) is 0. The third kappa shape index (κ3) is 5.60. The molecule has 0 aliphatic heterocycles. The highest BCUT2D eigenvalue weighted by molar-refractivity contribution is 7.99. The zero-order valence-corrected chi connectivity index (χ0v) is 18.0. The molecule has 3 aromatic rings. The first-order valence-electron chi connectivity index (χ1n) is 9.55. The number of hydrogen-bond donors (Lipinski definition) is 1. The van der Waals surface area contributed by atoms with Crippen molar-refractivity contribution in [3.05, 3.63) is 65.5 Å². The van der Waals surface area contributed by atoms with Gasteiger partial charge in [-0.1, -0.05) is 42.1 Å². The van der Waals surface area contributed by atoms with Crippen molar-refractivity contribution in [3.8, 4) is 5.75 Å². The molecule has 1 aromatic heterocycles. The van der Waals surface area contributed by atoms with Gasteiger partial charge in [-0.3, -0.25) is 4.79 Å². The number of thioether (sulfide) groups is 1. The Kier molecular flexibility index (Phi) is 6.93. The van der Waals surface area contributed by atoms with Gasteiger partial charge >= 0.3 is 0 Å². The molecule has 0 fully saturated rings. The smallest absolute Gasteiger partial charge is 0.234 e. The number of para-hydroxylation sites is 1. The molecule has 0 spiro atoms. The molecular formula is C22H26N4O2S. The highest BCUT2D eigenvalue weighted by Gasteiger charge is 2.17. The molecule has 1 N–H and O–H groups in total. The molecule has 6 nitrogen and oxygen atoms in total. The number of rotatable bonds is 8. The minimum atomic E-state index is -0.0762. The van der Waals surface area contributed by atoms with Crippen LogP contribution in [0.2, 0.25) is 0 Å². The lowest BCUT2D eigenvalue weighted by Gasteiger charge is -2.15. The zero-order chi connectivity index (χ0) is 20.8. The topological polar surface area (TPSA) is 69.0 Å². The maximum Gasteiger partial charge on any atom is 0.234 e. The summed E-state index contributed by atoms with van der Waals surface area (Å²) in [4.78, 5) is 12.2. The molecule has 0 aliphatic rings. The van der Waals surface area contributed by atoms with E-state index in [-0.39, 0.29) is 17.7 Å². The molecule has 0 saturated heterocycles. The van der Waals surface area contributed by atoms with Crippen LogP contribution in [0.4, 0.5) is 5.69 Å². The summed E-state index contributed by atoms with van der Waals surface area (Å²) >= 11 is 1.37. The number of carbonyl (C=O) groups excluding carboxylic acids is 1. The van der Waals surface area contributed by atoms with Gasteiger partial charge in [-0.25, -0.2) is 0 Å². The Morgan fingerprint density at radius 1 is 1.14 bits per heavy atom. The molecular weight excluding hydrogens is 384 g/mol. The van der Waals surface area contributed by atoms with Crippen LogP contribution in [0.1, 0.15) is 36.8 Å². The molecule has 0 unspecified atom stereocenters. The van der Waals surface area contributed by atoms with Crippen molar-refractivity contribution in [1.29, 1.82) is 0 Å². The van der Waals surface area contributed by atoms with E-state index in [4.69, 9.17) is 4.74 Å². The van der Waals surface area contributed by atoms with Gasteiger partial charge in [0, 0.05) is 11.7 Å². The van der Waals surface area contributed by atoms with Gasteiger partial charge in [0.1, 0.15) is 12.4 Å². The summed E-state index contributed by atoms with van der Waals surface area (Å²) in [5.74, 6) is 1.77. The Hall–Kier alpha value is -2.80. The fourth-order valence-corrected chi connectivity index (χ4v) is 3.76. The normalized spacial score (nSPS) is 10.9. The number of ether oxygens (including phenoxy) is 1. The van der Waals surface area contributed by atoms with E-state index >= 15 is 0 Å². The first kappa shape index (κ1) is 20.9. The van der Waals surface area contributed by atoms with Gasteiger partial charge in [-0.2, -0.15) is 0 Å². The lowest BCUT2D eigenvalue weighted by atomic mass is 10.1. The number of anilines is 1. The van der Waals surface area contributed by atoms with Gasteiger partial charge in [0.25, 0.3) is 0 Å². The summed E-state index contributed by atoms with van der Waals surface area (Å²) < 4.78 is 8.02. The van der Waals surface area contributed by atoms with Crippen LogP contribution in [0.3, 0.4) is 0 Å². The minimum Gasteiger partial charge on any atom is -0.485 e. The molecule has 3 rings (SSSR count). The molecule has 1 amide bonds. The van der Waals surface area contributed by atoms with E-state index in [1.54, 1.807) is 0 Å². The molecule has 1 heterocycles. The Morgan fingerprint density at radius 3 is 2.62 bits per heavy atom. The summed E-state index contributed by atoms with van der Waals surface area (Å²) in [5, 5.41) is 12.2. The Balaban J connectivity index is 1.65. The second kappa shape index (κ2) is 9.60. The van der Waals surface area contributed by atoms with Crippen molar-refractivity contribution in [1.82, 2.24) is 14.8 Å². The maximum absolute atomic E-state index is 12.2. The monoisotopic (exact) mass is 410 g/mol. The first-order chi connectivity index (χ1) is 13.9. The highest BCUT2D eigenvalue weighted by Crippen LogP contribution is 2.24. The third-order valence-corrected chi connectivity index (χ3v) is 5.28. The van der Waals surface area contributed by atoms with Crippen LogP contribution in [-0.4, -0.2) is 26.4 Å². The molecule has 0 bridgehead atoms. The predicted octanol–water partition coefficient (Wildman–Crippen LogP) is 4.79. The molecule has 0 saturated carbocycles. The van der Waals surface area contributed by atoms with Gasteiger partial charge < -0.3 is 14.6 Å². The van der Waals surface area contributed by atoms with E-state index in [0.717, 1.165) is 28.4 Å². The number of hydrogen-bond acceptors (Lipinski definition) is 5. The van der Waals surface area contributed by atoms with E-state index in [1.165, 1.54) is 11.8 Å². The summed E-state index contributed by atoms with van der Waals surface area (Å²) in [6, 6.07) is 15.7. The number of aromatic nitrogens is 3. The highest BCUT2D eigenvalue weighted by atomic mass is 32.2. The number of nitrogens with zero attached hydrogens (tertiary/aromatic N) is 3. The van der Waals surface area contributed by atoms with Crippen molar-refractivity contribution in [2.24, 2.45) is 0 Å². The van der Waals surface area contributed by atoms with Gasteiger partial charge in [0.15, 0.2) is 11.0 Å². The number of nitrogens with one attached hydrogen (secondary N) is 1. The minimum absolute atomic E-state index is 0.0762. The average molecular weight is 411 g/mol. The molecule has 152 valence electrons. The first-order valence-corrected chi connectivity index (χ1v) is 10.5. The van der Waals surface area contributed by atoms with Gasteiger partial charge in [-0.15, -0.1) is 10.2 Å². The van der Waals surface area contributed by atoms with Crippen LogP contribution in [0.15, 0.2) is 53.7 Å². The summed E-state index contributed by atoms with van der Waals surface area (Å²) in [5.41, 5.74) is 3.01. The van der Waals surface area contributed by atoms with Crippen LogP contribution in [0, 0.1) is 13.8 Å². The SMILES string of the molecule is Cc1ccc(C)c(OCc2nnc(SCC(=O)Nc3ccccc3)n2C(C)C)c1. The lowest BCUT2D eigenvalue weighted by Crippen LogP contribution is -2.15. The molecule has 7 heteroatoms. The number of benzene rings is 2. The Morgan fingerprint density at radius 2 is 1.90 bits per heavy atom. The number of carbonyl (C=O) groups is 1. The van der Waals surface area contributed by atoms with Crippen LogP contribution < -0.4 is 10.1 Å². The van der Waals surface area contributed by atoms with Crippen LogP contribution >= 0.6 is 11.8 Å². The van der Waals surface area contributed by atoms with Crippen molar-refractivity contribution < 1.29 is 9.53 Å². The van der Waals surface area contributed by atoms with Crippen molar-refractivity contribution in [2.45, 2.75) is 45.5 Å². The van der Waals surface area contributed by atoms with Crippen LogP contribution in [0.5, 0.6) is 5.75 Å². The Bertz CT molecular complexity index is 970. The van der Waals surface area contributed by atoms with E-state index < -0.39 is 0 Å². The summed E-state index contributed by atoms with van der Waals surface area (Å²) in [7, 11) is 0. The predicted molar refractivity (Wildman–Crippen MR) is 116 cm³/mol. The standard InChI is InChI=1S/C22H26N4O2S/c1-15(2)26-20(13-28-19-12-16(3)10-11-17(19)4)24-25-22(26)29-14-21(27)23-18-8-6-5-7-9-18/h5-12,15H,13-14H2,1-4H3,(H,23,27). The quantitative estimate of drug-likeness (QED) is 0.541. The fourth-order valence-electron chi connectivity index (χ4n) is 2.88. The van der Waals surface area contributed by atoms with Gasteiger partial charge in [0.2, 0.25) is 5.91 Å². The van der Waals surface area contributed by atoms with Gasteiger partial charge in [-0.05, 0) is 57.0 Å². The molecule has 2 aromatic carbocycles. The third-order valence-electron chi connectivity index (χ3n) is 4.34. The van der Waals surface area contributed by atoms with E-state index in [2.05, 4.69) is 35.4 Å². The van der Waals surface area contributed by atoms with Crippen molar-refractivity contribution in [3.63, 3.8) is 0 Å². The number of amides is 1. The van der Waals surface area contributed by atoms with Crippen LogP contribution in [-0.2, 0) is 11.4 Å². The molecule has 0 aliphatic carbocycles. The number of aryl methyl sites for hydroxylation is 2. The van der Waals surface area contributed by atoms with Gasteiger partial charge in [0.05, 0.1) is 5.75 Å².